The molecule has 0 saturated carbocycles. The summed E-state index contributed by atoms with van der Waals surface area (Å²) >= 11 is 0. The summed E-state index contributed by atoms with van der Waals surface area (Å²) in [5, 5.41) is 6.81. The van der Waals surface area contributed by atoms with E-state index in [9.17, 15) is 4.39 Å². The van der Waals surface area contributed by atoms with Crippen LogP contribution < -0.4 is 10.6 Å². The van der Waals surface area contributed by atoms with Crippen molar-refractivity contribution in [2.45, 2.75) is 32.2 Å². The number of hydrogen-bond donors (Lipinski definition) is 2. The normalized spacial score (nSPS) is 19.7. The van der Waals surface area contributed by atoms with Crippen molar-refractivity contribution in [3.05, 3.63) is 35.6 Å². The molecule has 2 aliphatic rings. The average molecular weight is 533 g/mol. The molecule has 1 aromatic rings. The number of benzene rings is 1. The molecule has 2 fully saturated rings. The molecule has 1 unspecified atom stereocenters. The first-order valence-corrected chi connectivity index (χ1v) is 11.1. The summed E-state index contributed by atoms with van der Waals surface area (Å²) in [6.45, 7) is 10.9. The summed E-state index contributed by atoms with van der Waals surface area (Å²) in [6, 6.07) is 6.95. The summed E-state index contributed by atoms with van der Waals surface area (Å²) in [5.41, 5.74) is 0.972. The van der Waals surface area contributed by atoms with E-state index >= 15 is 0 Å². The van der Waals surface area contributed by atoms with Crippen molar-refractivity contribution < 1.29 is 9.13 Å². The van der Waals surface area contributed by atoms with Crippen LogP contribution in [0.5, 0.6) is 0 Å². The summed E-state index contributed by atoms with van der Waals surface area (Å²) in [4.78, 5) is 9.71. The lowest BCUT2D eigenvalue weighted by Crippen LogP contribution is -2.44. The first-order chi connectivity index (χ1) is 14.3. The molecule has 3 rings (SSSR count). The van der Waals surface area contributed by atoms with Gasteiger partial charge in [0.2, 0.25) is 0 Å². The molecule has 2 saturated heterocycles. The number of piperidine rings is 1. The third-order valence-electron chi connectivity index (χ3n) is 5.66. The third kappa shape index (κ3) is 8.28. The number of aliphatic imine (C=N–C) groups is 1. The molecule has 0 radical (unpaired) electrons. The Kier molecular flexibility index (Phi) is 11.9. The molecule has 2 heterocycles. The number of ether oxygens (including phenoxy) is 1. The van der Waals surface area contributed by atoms with Gasteiger partial charge in [-0.2, -0.15) is 0 Å². The van der Waals surface area contributed by atoms with E-state index < -0.39 is 0 Å². The van der Waals surface area contributed by atoms with E-state index in [4.69, 9.17) is 9.73 Å². The molecular weight excluding hydrogens is 496 g/mol. The van der Waals surface area contributed by atoms with Gasteiger partial charge in [0.15, 0.2) is 5.96 Å². The van der Waals surface area contributed by atoms with Crippen molar-refractivity contribution in [1.82, 2.24) is 20.4 Å². The van der Waals surface area contributed by atoms with Crippen LogP contribution in [0.25, 0.3) is 0 Å². The first kappa shape index (κ1) is 25.3. The monoisotopic (exact) mass is 533 g/mol. The van der Waals surface area contributed by atoms with Gasteiger partial charge in [-0.05, 0) is 50.6 Å². The first-order valence-electron chi connectivity index (χ1n) is 11.1. The molecule has 6 nitrogen and oxygen atoms in total. The van der Waals surface area contributed by atoms with Gasteiger partial charge < -0.3 is 20.3 Å². The van der Waals surface area contributed by atoms with Gasteiger partial charge in [0.1, 0.15) is 5.82 Å². The topological polar surface area (TPSA) is 52.1 Å². The number of guanidine groups is 1. The van der Waals surface area contributed by atoms with Crippen LogP contribution in [0.1, 0.15) is 37.8 Å². The Balaban J connectivity index is 0.00000320. The maximum absolute atomic E-state index is 13.8. The Morgan fingerprint density at radius 1 is 1.13 bits per heavy atom. The van der Waals surface area contributed by atoms with Gasteiger partial charge in [-0.15, -0.1) is 24.0 Å². The van der Waals surface area contributed by atoms with Gasteiger partial charge in [0, 0.05) is 32.7 Å². The molecule has 0 aliphatic carbocycles. The summed E-state index contributed by atoms with van der Waals surface area (Å²) in [7, 11) is 0. The highest BCUT2D eigenvalue weighted by Crippen LogP contribution is 2.23. The van der Waals surface area contributed by atoms with Crippen molar-refractivity contribution >= 4 is 29.9 Å². The standard InChI is InChI=1S/C22H36FN5O.HI/c1-2-24-22(25-9-12-27-10-4-3-5-11-27)26-18-21(28-13-15-29-16-14-28)19-7-6-8-20(23)17-19;/h6-8,17,21H,2-5,9-16,18H2,1H3,(H2,24,25,26);1H. The Morgan fingerprint density at radius 3 is 2.60 bits per heavy atom. The van der Waals surface area contributed by atoms with E-state index in [1.807, 2.05) is 6.07 Å². The second-order valence-corrected chi connectivity index (χ2v) is 7.77. The maximum Gasteiger partial charge on any atom is 0.191 e. The fourth-order valence-corrected chi connectivity index (χ4v) is 4.07. The third-order valence-corrected chi connectivity index (χ3v) is 5.66. The van der Waals surface area contributed by atoms with Crippen molar-refractivity contribution in [1.29, 1.82) is 0 Å². The molecule has 0 spiro atoms. The van der Waals surface area contributed by atoms with Gasteiger partial charge in [-0.25, -0.2) is 4.39 Å². The van der Waals surface area contributed by atoms with Crippen LogP contribution >= 0.6 is 24.0 Å². The Bertz CT molecular complexity index is 636. The van der Waals surface area contributed by atoms with E-state index in [1.165, 1.54) is 38.4 Å². The molecule has 0 bridgehead atoms. The summed E-state index contributed by atoms with van der Waals surface area (Å²) in [6.07, 6.45) is 3.98. The van der Waals surface area contributed by atoms with Crippen LogP contribution in [-0.4, -0.2) is 81.3 Å². The molecule has 170 valence electrons. The number of hydrogen-bond acceptors (Lipinski definition) is 4. The van der Waals surface area contributed by atoms with Gasteiger partial charge in [-0.3, -0.25) is 9.89 Å². The van der Waals surface area contributed by atoms with Gasteiger partial charge >= 0.3 is 0 Å². The van der Waals surface area contributed by atoms with Crippen LogP contribution in [0.2, 0.25) is 0 Å². The van der Waals surface area contributed by atoms with Gasteiger partial charge in [-0.1, -0.05) is 18.6 Å². The zero-order valence-electron chi connectivity index (χ0n) is 18.1. The smallest absolute Gasteiger partial charge is 0.191 e. The molecule has 2 aliphatic heterocycles. The molecule has 30 heavy (non-hydrogen) atoms. The maximum atomic E-state index is 13.8. The van der Waals surface area contributed by atoms with E-state index in [-0.39, 0.29) is 35.8 Å². The second-order valence-electron chi connectivity index (χ2n) is 7.77. The highest BCUT2D eigenvalue weighted by molar-refractivity contribution is 14.0. The van der Waals surface area contributed by atoms with Crippen LogP contribution in [0.4, 0.5) is 4.39 Å². The minimum absolute atomic E-state index is 0. The molecule has 1 atom stereocenters. The molecule has 1 aromatic carbocycles. The highest BCUT2D eigenvalue weighted by atomic mass is 127. The molecule has 0 aromatic heterocycles. The minimum atomic E-state index is -0.198. The van der Waals surface area contributed by atoms with Gasteiger partial charge in [0.25, 0.3) is 0 Å². The molecule has 0 amide bonds. The Labute approximate surface area is 197 Å². The van der Waals surface area contributed by atoms with Crippen LogP contribution in [0.3, 0.4) is 0 Å². The zero-order valence-corrected chi connectivity index (χ0v) is 20.4. The average Bonchev–Trinajstić information content (AvgIpc) is 2.75. The quantitative estimate of drug-likeness (QED) is 0.306. The predicted octanol–water partition coefficient (Wildman–Crippen LogP) is 2.86. The largest absolute Gasteiger partial charge is 0.379 e. The van der Waals surface area contributed by atoms with Crippen LogP contribution in [0, 0.1) is 5.82 Å². The van der Waals surface area contributed by atoms with Crippen molar-refractivity contribution in [2.24, 2.45) is 4.99 Å². The minimum Gasteiger partial charge on any atom is -0.379 e. The summed E-state index contributed by atoms with van der Waals surface area (Å²) < 4.78 is 19.4. The molecular formula is C22H37FIN5O. The summed E-state index contributed by atoms with van der Waals surface area (Å²) in [5.74, 6) is 0.635. The highest BCUT2D eigenvalue weighted by Gasteiger charge is 2.23. The van der Waals surface area contributed by atoms with E-state index in [1.54, 1.807) is 12.1 Å². The van der Waals surface area contributed by atoms with Crippen molar-refractivity contribution in [3.8, 4) is 0 Å². The number of nitrogens with one attached hydrogen (secondary N) is 2. The lowest BCUT2D eigenvalue weighted by Gasteiger charge is -2.34. The van der Waals surface area contributed by atoms with E-state index in [2.05, 4.69) is 27.4 Å². The Morgan fingerprint density at radius 2 is 1.90 bits per heavy atom. The van der Waals surface area contributed by atoms with Crippen LogP contribution in [-0.2, 0) is 4.74 Å². The van der Waals surface area contributed by atoms with Crippen molar-refractivity contribution in [3.63, 3.8) is 0 Å². The zero-order chi connectivity index (χ0) is 20.3. The number of rotatable bonds is 8. The van der Waals surface area contributed by atoms with Crippen LogP contribution in [0.15, 0.2) is 29.3 Å². The SMILES string of the molecule is CCNC(=NCC(c1cccc(F)c1)N1CCOCC1)NCCN1CCCCC1.I. The number of likely N-dealkylation sites (tertiary alicyclic amines) is 1. The second kappa shape index (κ2) is 14.2. The molecule has 2 N–H and O–H groups in total. The van der Waals surface area contributed by atoms with Gasteiger partial charge in [0.05, 0.1) is 25.8 Å². The lowest BCUT2D eigenvalue weighted by atomic mass is 10.0. The van der Waals surface area contributed by atoms with E-state index in [0.717, 1.165) is 44.2 Å². The van der Waals surface area contributed by atoms with Crippen molar-refractivity contribution in [2.75, 3.05) is 65.6 Å². The fourth-order valence-electron chi connectivity index (χ4n) is 4.07. The molecule has 8 heteroatoms. The van der Waals surface area contributed by atoms with E-state index in [0.29, 0.717) is 19.8 Å². The number of morpholine rings is 1. The Hall–Kier alpha value is -0.970. The number of halogens is 2. The fraction of sp³-hybridized carbons (Fsp3) is 0.682. The lowest BCUT2D eigenvalue weighted by molar-refractivity contribution is 0.0179. The predicted molar refractivity (Wildman–Crippen MR) is 131 cm³/mol. The number of nitrogens with zero attached hydrogens (tertiary/aromatic N) is 3.